The summed E-state index contributed by atoms with van der Waals surface area (Å²) in [6, 6.07) is 19.2. The molecule has 0 saturated heterocycles. The van der Waals surface area contributed by atoms with E-state index in [1.807, 2.05) is 12.4 Å². The smallest absolute Gasteiger partial charge is 0.0964 e. The zero-order chi connectivity index (χ0) is 14.5. The predicted octanol–water partition coefficient (Wildman–Crippen LogP) is 3.63. The van der Waals surface area contributed by atoms with Gasteiger partial charge in [0.05, 0.1) is 23.4 Å². The van der Waals surface area contributed by atoms with Crippen LogP contribution in [0.1, 0.15) is 24.9 Å². The Bertz CT molecular complexity index is 688. The normalized spacial score (nSPS) is 12.6. The van der Waals surface area contributed by atoms with Crippen molar-refractivity contribution in [1.29, 1.82) is 0 Å². The van der Waals surface area contributed by atoms with E-state index in [0.29, 0.717) is 0 Å². The number of nitrogens with one attached hydrogen (secondary N) is 1. The highest BCUT2D eigenvalue weighted by Gasteiger charge is 2.15. The Hall–Kier alpha value is -2.13. The van der Waals surface area contributed by atoms with Crippen molar-refractivity contribution in [3.05, 3.63) is 66.5 Å². The summed E-state index contributed by atoms with van der Waals surface area (Å²) in [6.45, 7) is 4.14. The number of benzene rings is 2. The van der Waals surface area contributed by atoms with E-state index in [1.165, 1.54) is 11.1 Å². The number of fused-ring (bicyclic) bond motifs is 1. The molecule has 3 nitrogen and oxygen atoms in total. The van der Waals surface area contributed by atoms with E-state index in [4.69, 9.17) is 0 Å². The molecule has 0 bridgehead atoms. The maximum atomic E-state index is 4.53. The standard InChI is InChI=1S/C18H21N3/c1-2-12-19-13-18(15-8-4-3-5-9-15)21-14-20-16-10-6-7-11-17(16)21/h3-11,14,18-19H,2,12-13H2,1H3. The molecule has 1 N–H and O–H groups in total. The molecular weight excluding hydrogens is 258 g/mol. The summed E-state index contributed by atoms with van der Waals surface area (Å²) in [5, 5.41) is 3.54. The zero-order valence-corrected chi connectivity index (χ0v) is 12.4. The Morgan fingerprint density at radius 2 is 1.81 bits per heavy atom. The number of nitrogens with zero attached hydrogens (tertiary/aromatic N) is 2. The number of imidazole rings is 1. The van der Waals surface area contributed by atoms with Gasteiger partial charge in [0.1, 0.15) is 0 Å². The van der Waals surface area contributed by atoms with Gasteiger partial charge in [-0.3, -0.25) is 0 Å². The monoisotopic (exact) mass is 279 g/mol. The van der Waals surface area contributed by atoms with Crippen molar-refractivity contribution >= 4 is 11.0 Å². The SMILES string of the molecule is CCCNCC(c1ccccc1)n1cnc2ccccc21. The lowest BCUT2D eigenvalue weighted by Crippen LogP contribution is -2.26. The molecule has 0 amide bonds. The van der Waals surface area contributed by atoms with E-state index >= 15 is 0 Å². The fourth-order valence-electron chi connectivity index (χ4n) is 2.69. The van der Waals surface area contributed by atoms with Crippen LogP contribution in [0.25, 0.3) is 11.0 Å². The minimum atomic E-state index is 0.269. The van der Waals surface area contributed by atoms with Crippen LogP contribution in [0.3, 0.4) is 0 Å². The summed E-state index contributed by atoms with van der Waals surface area (Å²) in [5.41, 5.74) is 3.54. The molecule has 0 aliphatic carbocycles. The second-order valence-electron chi connectivity index (χ2n) is 5.27. The lowest BCUT2D eigenvalue weighted by Gasteiger charge is -2.20. The molecule has 0 aliphatic heterocycles. The van der Waals surface area contributed by atoms with Crippen molar-refractivity contribution in [3.63, 3.8) is 0 Å². The summed E-state index contributed by atoms with van der Waals surface area (Å²) in [6.07, 6.45) is 3.10. The lowest BCUT2D eigenvalue weighted by atomic mass is 10.1. The Kier molecular flexibility index (Phi) is 4.31. The summed E-state index contributed by atoms with van der Waals surface area (Å²) >= 11 is 0. The van der Waals surface area contributed by atoms with E-state index in [9.17, 15) is 0 Å². The Labute approximate surface area is 125 Å². The molecule has 0 radical (unpaired) electrons. The molecule has 3 aromatic rings. The molecule has 1 heterocycles. The van der Waals surface area contributed by atoms with Crippen molar-refractivity contribution in [2.45, 2.75) is 19.4 Å². The van der Waals surface area contributed by atoms with E-state index in [2.05, 4.69) is 70.3 Å². The molecule has 108 valence electrons. The predicted molar refractivity (Wildman–Crippen MR) is 87.5 cm³/mol. The van der Waals surface area contributed by atoms with Crippen LogP contribution in [0.15, 0.2) is 60.9 Å². The van der Waals surface area contributed by atoms with E-state index < -0.39 is 0 Å². The van der Waals surface area contributed by atoms with Crippen LogP contribution < -0.4 is 5.32 Å². The van der Waals surface area contributed by atoms with Gasteiger partial charge in [-0.25, -0.2) is 4.98 Å². The Morgan fingerprint density at radius 3 is 2.62 bits per heavy atom. The quantitative estimate of drug-likeness (QED) is 0.698. The molecule has 21 heavy (non-hydrogen) atoms. The minimum Gasteiger partial charge on any atom is -0.322 e. The third kappa shape index (κ3) is 2.98. The van der Waals surface area contributed by atoms with Gasteiger partial charge in [0.15, 0.2) is 0 Å². The number of hydrogen-bond acceptors (Lipinski definition) is 2. The van der Waals surface area contributed by atoms with Gasteiger partial charge >= 0.3 is 0 Å². The summed E-state index contributed by atoms with van der Waals surface area (Å²) in [7, 11) is 0. The first-order valence-electron chi connectivity index (χ1n) is 7.57. The Morgan fingerprint density at radius 1 is 1.05 bits per heavy atom. The largest absolute Gasteiger partial charge is 0.322 e. The molecular formula is C18H21N3. The van der Waals surface area contributed by atoms with Crippen LogP contribution in [-0.4, -0.2) is 22.6 Å². The lowest BCUT2D eigenvalue weighted by molar-refractivity contribution is 0.530. The van der Waals surface area contributed by atoms with Gasteiger partial charge in [-0.1, -0.05) is 49.4 Å². The number of para-hydroxylation sites is 2. The molecule has 0 saturated carbocycles. The van der Waals surface area contributed by atoms with Crippen LogP contribution >= 0.6 is 0 Å². The third-order valence-corrected chi connectivity index (χ3v) is 3.77. The fraction of sp³-hybridized carbons (Fsp3) is 0.278. The van der Waals surface area contributed by atoms with Crippen molar-refractivity contribution in [1.82, 2.24) is 14.9 Å². The van der Waals surface area contributed by atoms with Crippen LogP contribution in [0, 0.1) is 0 Å². The van der Waals surface area contributed by atoms with Gasteiger partial charge in [0.2, 0.25) is 0 Å². The average Bonchev–Trinajstić information content (AvgIpc) is 2.96. The first-order chi connectivity index (χ1) is 10.4. The van der Waals surface area contributed by atoms with Crippen molar-refractivity contribution in [2.24, 2.45) is 0 Å². The molecule has 0 spiro atoms. The van der Waals surface area contributed by atoms with Gasteiger partial charge in [0.25, 0.3) is 0 Å². The van der Waals surface area contributed by atoms with Crippen molar-refractivity contribution in [2.75, 3.05) is 13.1 Å². The van der Waals surface area contributed by atoms with Gasteiger partial charge in [0, 0.05) is 6.54 Å². The number of aromatic nitrogens is 2. The number of rotatable bonds is 6. The van der Waals surface area contributed by atoms with Gasteiger partial charge in [-0.05, 0) is 30.7 Å². The summed E-state index contributed by atoms with van der Waals surface area (Å²) < 4.78 is 2.27. The second-order valence-corrected chi connectivity index (χ2v) is 5.27. The fourth-order valence-corrected chi connectivity index (χ4v) is 2.69. The van der Waals surface area contributed by atoms with Gasteiger partial charge in [-0.2, -0.15) is 0 Å². The van der Waals surface area contributed by atoms with Crippen LogP contribution in [0.5, 0.6) is 0 Å². The van der Waals surface area contributed by atoms with Crippen LogP contribution in [0.4, 0.5) is 0 Å². The molecule has 2 aromatic carbocycles. The van der Waals surface area contributed by atoms with Gasteiger partial charge < -0.3 is 9.88 Å². The maximum absolute atomic E-state index is 4.53. The van der Waals surface area contributed by atoms with Gasteiger partial charge in [-0.15, -0.1) is 0 Å². The first-order valence-corrected chi connectivity index (χ1v) is 7.57. The van der Waals surface area contributed by atoms with Crippen LogP contribution in [0.2, 0.25) is 0 Å². The van der Waals surface area contributed by atoms with E-state index in [1.54, 1.807) is 0 Å². The summed E-state index contributed by atoms with van der Waals surface area (Å²) in [4.78, 5) is 4.53. The van der Waals surface area contributed by atoms with Crippen molar-refractivity contribution < 1.29 is 0 Å². The highest BCUT2D eigenvalue weighted by atomic mass is 15.1. The highest BCUT2D eigenvalue weighted by molar-refractivity contribution is 5.75. The number of hydrogen-bond donors (Lipinski definition) is 1. The molecule has 0 fully saturated rings. The molecule has 1 unspecified atom stereocenters. The van der Waals surface area contributed by atoms with E-state index in [-0.39, 0.29) is 6.04 Å². The average molecular weight is 279 g/mol. The minimum absolute atomic E-state index is 0.269. The third-order valence-electron chi connectivity index (χ3n) is 3.77. The molecule has 3 rings (SSSR count). The van der Waals surface area contributed by atoms with E-state index in [0.717, 1.165) is 25.0 Å². The molecule has 1 atom stereocenters. The van der Waals surface area contributed by atoms with Crippen molar-refractivity contribution in [3.8, 4) is 0 Å². The Balaban J connectivity index is 1.98. The topological polar surface area (TPSA) is 29.9 Å². The molecule has 3 heteroatoms. The molecule has 1 aromatic heterocycles. The highest BCUT2D eigenvalue weighted by Crippen LogP contribution is 2.23. The summed E-state index contributed by atoms with van der Waals surface area (Å²) in [5.74, 6) is 0. The van der Waals surface area contributed by atoms with Crippen LogP contribution in [-0.2, 0) is 0 Å². The second kappa shape index (κ2) is 6.55. The zero-order valence-electron chi connectivity index (χ0n) is 12.4. The first kappa shape index (κ1) is 13.8. The molecule has 0 aliphatic rings. The maximum Gasteiger partial charge on any atom is 0.0964 e.